The second-order valence-electron chi connectivity index (χ2n) is 3.57. The summed E-state index contributed by atoms with van der Waals surface area (Å²) in [7, 11) is 1.60. The van der Waals surface area contributed by atoms with Crippen molar-refractivity contribution in [2.24, 2.45) is 5.73 Å². The minimum Gasteiger partial charge on any atom is -0.493 e. The molecule has 0 aliphatic heterocycles. The van der Waals surface area contributed by atoms with Crippen LogP contribution in [0, 0.1) is 0 Å². The first-order chi connectivity index (χ1) is 7.71. The fourth-order valence-electron chi connectivity index (χ4n) is 1.48. The fraction of sp³-hybridized carbons (Fsp3) is 0.500. The van der Waals surface area contributed by atoms with E-state index >= 15 is 0 Å². The first kappa shape index (κ1) is 16.0. The molecule has 17 heavy (non-hydrogen) atoms. The van der Waals surface area contributed by atoms with Crippen LogP contribution in [0.1, 0.15) is 12.5 Å². The summed E-state index contributed by atoms with van der Waals surface area (Å²) in [4.78, 5) is 0. The second-order valence-corrected chi connectivity index (χ2v) is 3.57. The minimum atomic E-state index is -0.234. The van der Waals surface area contributed by atoms with Gasteiger partial charge in [-0.15, -0.1) is 12.4 Å². The Morgan fingerprint density at radius 2 is 2.06 bits per heavy atom. The van der Waals surface area contributed by atoms with Crippen LogP contribution in [-0.4, -0.2) is 31.5 Å². The molecule has 0 saturated heterocycles. The van der Waals surface area contributed by atoms with Crippen LogP contribution in [0.15, 0.2) is 18.2 Å². The van der Waals surface area contributed by atoms with E-state index in [2.05, 4.69) is 0 Å². The highest BCUT2D eigenvalue weighted by atomic mass is 35.5. The van der Waals surface area contributed by atoms with Gasteiger partial charge < -0.3 is 20.3 Å². The lowest BCUT2D eigenvalue weighted by atomic mass is 10.1. The van der Waals surface area contributed by atoms with Gasteiger partial charge in [0.25, 0.3) is 0 Å². The van der Waals surface area contributed by atoms with Gasteiger partial charge in [-0.2, -0.15) is 0 Å². The van der Waals surface area contributed by atoms with Gasteiger partial charge in [0, 0.05) is 6.04 Å². The minimum absolute atomic E-state index is 0. The van der Waals surface area contributed by atoms with E-state index in [4.69, 9.17) is 20.3 Å². The topological polar surface area (TPSA) is 64.7 Å². The molecule has 1 aromatic carbocycles. The number of methoxy groups -OCH3 is 1. The van der Waals surface area contributed by atoms with Crippen molar-refractivity contribution < 1.29 is 14.6 Å². The lowest BCUT2D eigenvalue weighted by Crippen LogP contribution is -2.26. The molecule has 1 unspecified atom stereocenters. The number of rotatable bonds is 6. The Morgan fingerprint density at radius 1 is 1.35 bits per heavy atom. The number of benzene rings is 1. The van der Waals surface area contributed by atoms with Crippen molar-refractivity contribution in [2.75, 3.05) is 20.3 Å². The van der Waals surface area contributed by atoms with E-state index in [-0.39, 0.29) is 25.1 Å². The summed E-state index contributed by atoms with van der Waals surface area (Å²) in [6.07, 6.45) is 0.624. The Hall–Kier alpha value is -0.970. The second kappa shape index (κ2) is 8.17. The van der Waals surface area contributed by atoms with Gasteiger partial charge in [0.15, 0.2) is 11.5 Å². The molecule has 0 radical (unpaired) electrons. The molecular weight excluding hydrogens is 242 g/mol. The number of nitrogens with two attached hydrogens (primary N) is 1. The summed E-state index contributed by atoms with van der Waals surface area (Å²) < 4.78 is 10.6. The molecule has 0 heterocycles. The van der Waals surface area contributed by atoms with Gasteiger partial charge in [-0.05, 0) is 31.0 Å². The average molecular weight is 262 g/mol. The van der Waals surface area contributed by atoms with Crippen molar-refractivity contribution >= 4 is 12.4 Å². The number of halogens is 1. The maximum Gasteiger partial charge on any atom is 0.161 e. The Balaban J connectivity index is 0.00000256. The van der Waals surface area contributed by atoms with Crippen molar-refractivity contribution in [3.8, 4) is 11.5 Å². The van der Waals surface area contributed by atoms with Crippen LogP contribution in [-0.2, 0) is 6.42 Å². The van der Waals surface area contributed by atoms with Crippen LogP contribution in [0.4, 0.5) is 0 Å². The quantitative estimate of drug-likeness (QED) is 0.812. The van der Waals surface area contributed by atoms with Gasteiger partial charge in [-0.3, -0.25) is 0 Å². The van der Waals surface area contributed by atoms with E-state index in [1.165, 1.54) is 0 Å². The average Bonchev–Trinajstić information content (AvgIpc) is 2.31. The number of aliphatic hydroxyl groups is 1. The molecule has 0 spiro atoms. The highest BCUT2D eigenvalue weighted by Crippen LogP contribution is 2.28. The van der Waals surface area contributed by atoms with Gasteiger partial charge in [0.1, 0.15) is 0 Å². The maximum atomic E-state index is 8.88. The lowest BCUT2D eigenvalue weighted by Gasteiger charge is -2.12. The summed E-state index contributed by atoms with van der Waals surface area (Å²) in [6, 6.07) is 5.45. The van der Waals surface area contributed by atoms with E-state index in [0.29, 0.717) is 18.8 Å². The molecule has 0 amide bonds. The first-order valence-corrected chi connectivity index (χ1v) is 5.37. The van der Waals surface area contributed by atoms with Gasteiger partial charge in [-0.1, -0.05) is 6.07 Å². The normalized spacial score (nSPS) is 11.5. The number of hydrogen-bond acceptors (Lipinski definition) is 4. The Bertz CT molecular complexity index is 334. The standard InChI is InChI=1S/C12H19NO3.ClH/c1-3-16-11-5-4-9(6-10(13)8-14)7-12(11)15-2;/h4-5,7,10,14H,3,6,8,13H2,1-2H3;1H. The van der Waals surface area contributed by atoms with Gasteiger partial charge in [0.2, 0.25) is 0 Å². The molecule has 5 heteroatoms. The highest BCUT2D eigenvalue weighted by molar-refractivity contribution is 5.85. The number of hydrogen-bond donors (Lipinski definition) is 2. The molecule has 1 atom stereocenters. The largest absolute Gasteiger partial charge is 0.493 e. The molecule has 0 bridgehead atoms. The zero-order valence-electron chi connectivity index (χ0n) is 10.2. The SMILES string of the molecule is CCOc1ccc(CC(N)CO)cc1OC.Cl. The van der Waals surface area contributed by atoms with Crippen LogP contribution in [0.2, 0.25) is 0 Å². The van der Waals surface area contributed by atoms with Crippen LogP contribution in [0.25, 0.3) is 0 Å². The van der Waals surface area contributed by atoms with Gasteiger partial charge in [0.05, 0.1) is 20.3 Å². The molecule has 0 aliphatic rings. The van der Waals surface area contributed by atoms with E-state index in [9.17, 15) is 0 Å². The van der Waals surface area contributed by atoms with Crippen LogP contribution in [0.5, 0.6) is 11.5 Å². The van der Waals surface area contributed by atoms with Crippen molar-refractivity contribution in [3.05, 3.63) is 23.8 Å². The molecule has 1 rings (SSSR count). The molecule has 0 aromatic heterocycles. The van der Waals surface area contributed by atoms with E-state index in [1.807, 2.05) is 25.1 Å². The Morgan fingerprint density at radius 3 is 2.59 bits per heavy atom. The summed E-state index contributed by atoms with van der Waals surface area (Å²) in [5.41, 5.74) is 6.70. The third-order valence-electron chi connectivity index (χ3n) is 2.26. The molecule has 0 aliphatic carbocycles. The van der Waals surface area contributed by atoms with Crippen LogP contribution >= 0.6 is 12.4 Å². The summed E-state index contributed by atoms with van der Waals surface area (Å²) in [5, 5.41) is 8.88. The summed E-state index contributed by atoms with van der Waals surface area (Å²) >= 11 is 0. The summed E-state index contributed by atoms with van der Waals surface area (Å²) in [6.45, 7) is 2.51. The number of aliphatic hydroxyl groups excluding tert-OH is 1. The third-order valence-corrected chi connectivity index (χ3v) is 2.26. The Kier molecular flexibility index (Phi) is 7.70. The van der Waals surface area contributed by atoms with E-state index in [0.717, 1.165) is 11.3 Å². The molecular formula is C12H20ClNO3. The Labute approximate surface area is 108 Å². The van der Waals surface area contributed by atoms with Crippen molar-refractivity contribution in [3.63, 3.8) is 0 Å². The van der Waals surface area contributed by atoms with Crippen molar-refractivity contribution in [2.45, 2.75) is 19.4 Å². The molecule has 98 valence electrons. The smallest absolute Gasteiger partial charge is 0.161 e. The van der Waals surface area contributed by atoms with Gasteiger partial charge >= 0.3 is 0 Å². The zero-order chi connectivity index (χ0) is 12.0. The molecule has 3 N–H and O–H groups in total. The monoisotopic (exact) mass is 261 g/mol. The number of ether oxygens (including phenoxy) is 2. The third kappa shape index (κ3) is 4.81. The predicted octanol–water partition coefficient (Wildman–Crippen LogP) is 1.38. The zero-order valence-corrected chi connectivity index (χ0v) is 11.0. The predicted molar refractivity (Wildman–Crippen MR) is 70.2 cm³/mol. The molecule has 1 aromatic rings. The van der Waals surface area contributed by atoms with Gasteiger partial charge in [-0.25, -0.2) is 0 Å². The van der Waals surface area contributed by atoms with Crippen molar-refractivity contribution in [1.29, 1.82) is 0 Å². The fourth-order valence-corrected chi connectivity index (χ4v) is 1.48. The lowest BCUT2D eigenvalue weighted by molar-refractivity contribution is 0.265. The molecule has 4 nitrogen and oxygen atoms in total. The molecule has 0 saturated carbocycles. The van der Waals surface area contributed by atoms with E-state index in [1.54, 1.807) is 7.11 Å². The van der Waals surface area contributed by atoms with Crippen LogP contribution < -0.4 is 15.2 Å². The molecule has 0 fully saturated rings. The summed E-state index contributed by atoms with van der Waals surface area (Å²) in [5.74, 6) is 1.43. The first-order valence-electron chi connectivity index (χ1n) is 5.37. The maximum absolute atomic E-state index is 8.88. The van der Waals surface area contributed by atoms with Crippen molar-refractivity contribution in [1.82, 2.24) is 0 Å². The highest BCUT2D eigenvalue weighted by Gasteiger charge is 2.07. The van der Waals surface area contributed by atoms with Crippen LogP contribution in [0.3, 0.4) is 0 Å². The van der Waals surface area contributed by atoms with E-state index < -0.39 is 0 Å².